The van der Waals surface area contributed by atoms with Crippen molar-refractivity contribution in [3.8, 4) is 0 Å². The van der Waals surface area contributed by atoms with Gasteiger partial charge in [0.25, 0.3) is 0 Å². The first kappa shape index (κ1) is 18.9. The lowest BCUT2D eigenvalue weighted by Crippen LogP contribution is -2.64. The Morgan fingerprint density at radius 2 is 1.26 bits per heavy atom. The van der Waals surface area contributed by atoms with E-state index in [2.05, 4.69) is 0 Å². The molecule has 8 N–H and O–H groups in total. The van der Waals surface area contributed by atoms with E-state index in [1.165, 1.54) is 0 Å². The van der Waals surface area contributed by atoms with Crippen LogP contribution in [0.4, 0.5) is 0 Å². The molecule has 23 heavy (non-hydrogen) atoms. The van der Waals surface area contributed by atoms with Crippen molar-refractivity contribution >= 4 is 0 Å². The van der Waals surface area contributed by atoms with Crippen LogP contribution < -0.4 is 0 Å². The first-order valence-corrected chi connectivity index (χ1v) is 7.08. The zero-order valence-electron chi connectivity index (χ0n) is 12.0. The van der Waals surface area contributed by atoms with E-state index in [1.807, 2.05) is 0 Å². The summed E-state index contributed by atoms with van der Waals surface area (Å²) in [5.74, 6) is 0. The molecular weight excluding hydrogens is 320 g/mol. The van der Waals surface area contributed by atoms with Crippen LogP contribution in [-0.2, 0) is 14.2 Å². The summed E-state index contributed by atoms with van der Waals surface area (Å²) in [4.78, 5) is 0. The van der Waals surface area contributed by atoms with Gasteiger partial charge in [-0.3, -0.25) is 0 Å². The van der Waals surface area contributed by atoms with Crippen molar-refractivity contribution in [2.45, 2.75) is 61.4 Å². The van der Waals surface area contributed by atoms with Crippen molar-refractivity contribution < 1.29 is 55.1 Å². The molecule has 136 valence electrons. The van der Waals surface area contributed by atoms with Gasteiger partial charge in [-0.05, 0) is 0 Å². The second-order valence-electron chi connectivity index (χ2n) is 5.53. The second-order valence-corrected chi connectivity index (χ2v) is 5.53. The lowest BCUT2D eigenvalue weighted by Gasteiger charge is -2.45. The van der Waals surface area contributed by atoms with E-state index in [0.717, 1.165) is 0 Å². The SMILES string of the molecule is OC[C@H]1OC(O[C@H]2[C@H](O)[C@@H](O)[C@@H](O)O[C@@H]2CO)[C@H](O)[C@@H](O)[C@@H]1O. The summed E-state index contributed by atoms with van der Waals surface area (Å²) < 4.78 is 15.3. The van der Waals surface area contributed by atoms with Gasteiger partial charge < -0.3 is 55.1 Å². The Morgan fingerprint density at radius 1 is 0.652 bits per heavy atom. The first-order valence-electron chi connectivity index (χ1n) is 7.08. The van der Waals surface area contributed by atoms with E-state index >= 15 is 0 Å². The Morgan fingerprint density at radius 3 is 1.83 bits per heavy atom. The van der Waals surface area contributed by atoms with Gasteiger partial charge in [0.15, 0.2) is 12.6 Å². The quantitative estimate of drug-likeness (QED) is 0.243. The van der Waals surface area contributed by atoms with Crippen molar-refractivity contribution in [1.29, 1.82) is 0 Å². The van der Waals surface area contributed by atoms with Crippen molar-refractivity contribution in [3.05, 3.63) is 0 Å². The van der Waals surface area contributed by atoms with Crippen LogP contribution in [0.5, 0.6) is 0 Å². The van der Waals surface area contributed by atoms with Gasteiger partial charge in [-0.2, -0.15) is 0 Å². The minimum Gasteiger partial charge on any atom is -0.394 e. The highest BCUT2D eigenvalue weighted by molar-refractivity contribution is 4.93. The molecule has 0 aliphatic carbocycles. The van der Waals surface area contributed by atoms with Crippen LogP contribution in [0.25, 0.3) is 0 Å². The second kappa shape index (κ2) is 7.63. The summed E-state index contributed by atoms with van der Waals surface area (Å²) >= 11 is 0. The standard InChI is InChI=1S/C12H22O11/c13-1-3-5(15)6(16)9(19)12(22-3)23-10-4(2-14)21-11(20)8(18)7(10)17/h3-20H,1-2H2/t3-,4-,5-,6+,7-,8-,9-,10-,11+,12?/m1/s1. The molecule has 0 aromatic heterocycles. The Hall–Kier alpha value is -0.440. The lowest BCUT2D eigenvalue weighted by molar-refractivity contribution is -0.355. The van der Waals surface area contributed by atoms with Crippen LogP contribution >= 0.6 is 0 Å². The third kappa shape index (κ3) is 3.65. The molecule has 2 aliphatic heterocycles. The fourth-order valence-corrected chi connectivity index (χ4v) is 2.57. The monoisotopic (exact) mass is 342 g/mol. The molecule has 10 atom stereocenters. The van der Waals surface area contributed by atoms with E-state index in [-0.39, 0.29) is 0 Å². The summed E-state index contributed by atoms with van der Waals surface area (Å²) in [5, 5.41) is 76.5. The van der Waals surface area contributed by atoms with E-state index < -0.39 is 74.6 Å². The molecule has 0 aromatic rings. The van der Waals surface area contributed by atoms with Gasteiger partial charge in [-0.25, -0.2) is 0 Å². The Labute approximate surface area is 130 Å². The van der Waals surface area contributed by atoms with Crippen molar-refractivity contribution in [2.24, 2.45) is 0 Å². The van der Waals surface area contributed by atoms with Crippen LogP contribution in [0.15, 0.2) is 0 Å². The van der Waals surface area contributed by atoms with E-state index in [4.69, 9.17) is 19.3 Å². The van der Waals surface area contributed by atoms with Crippen LogP contribution in [0.3, 0.4) is 0 Å². The normalized spacial score (nSPS) is 51.7. The van der Waals surface area contributed by atoms with Gasteiger partial charge >= 0.3 is 0 Å². The topological polar surface area (TPSA) is 190 Å². The Kier molecular flexibility index (Phi) is 6.27. The number of hydrogen-bond donors (Lipinski definition) is 8. The van der Waals surface area contributed by atoms with E-state index in [0.29, 0.717) is 0 Å². The van der Waals surface area contributed by atoms with Crippen LogP contribution in [0, 0.1) is 0 Å². The van der Waals surface area contributed by atoms with Crippen LogP contribution in [-0.4, -0.2) is 115 Å². The molecular formula is C12H22O11. The van der Waals surface area contributed by atoms with Crippen LogP contribution in [0.2, 0.25) is 0 Å². The molecule has 0 radical (unpaired) electrons. The highest BCUT2D eigenvalue weighted by Gasteiger charge is 2.50. The maximum atomic E-state index is 9.94. The van der Waals surface area contributed by atoms with Gasteiger partial charge in [0.05, 0.1) is 13.2 Å². The summed E-state index contributed by atoms with van der Waals surface area (Å²) in [5.41, 5.74) is 0. The number of ether oxygens (including phenoxy) is 3. The Bertz CT molecular complexity index is 378. The fraction of sp³-hybridized carbons (Fsp3) is 1.00. The average Bonchev–Trinajstić information content (AvgIpc) is 2.55. The van der Waals surface area contributed by atoms with Crippen molar-refractivity contribution in [2.75, 3.05) is 13.2 Å². The molecule has 0 spiro atoms. The molecule has 11 heteroatoms. The van der Waals surface area contributed by atoms with E-state index in [9.17, 15) is 35.7 Å². The molecule has 2 fully saturated rings. The number of aliphatic hydroxyl groups is 8. The predicted molar refractivity (Wildman–Crippen MR) is 68.6 cm³/mol. The fourth-order valence-electron chi connectivity index (χ4n) is 2.57. The van der Waals surface area contributed by atoms with Gasteiger partial charge in [-0.15, -0.1) is 0 Å². The van der Waals surface area contributed by atoms with Gasteiger partial charge in [0, 0.05) is 0 Å². The van der Waals surface area contributed by atoms with Gasteiger partial charge in [0.1, 0.15) is 48.8 Å². The summed E-state index contributed by atoms with van der Waals surface area (Å²) in [7, 11) is 0. The molecule has 0 bridgehead atoms. The molecule has 0 amide bonds. The average molecular weight is 342 g/mol. The largest absolute Gasteiger partial charge is 0.394 e. The molecule has 1 unspecified atom stereocenters. The molecule has 2 heterocycles. The third-order valence-electron chi connectivity index (χ3n) is 3.98. The molecule has 11 nitrogen and oxygen atoms in total. The molecule has 2 rings (SSSR count). The lowest BCUT2D eigenvalue weighted by atomic mass is 9.97. The highest BCUT2D eigenvalue weighted by Crippen LogP contribution is 2.28. The summed E-state index contributed by atoms with van der Waals surface area (Å²) in [6.07, 6.45) is -15.6. The van der Waals surface area contributed by atoms with E-state index in [1.54, 1.807) is 0 Å². The zero-order chi connectivity index (χ0) is 17.3. The predicted octanol–water partition coefficient (Wildman–Crippen LogP) is -5.40. The van der Waals surface area contributed by atoms with Crippen LogP contribution in [0.1, 0.15) is 0 Å². The van der Waals surface area contributed by atoms with Gasteiger partial charge in [-0.1, -0.05) is 0 Å². The van der Waals surface area contributed by atoms with Crippen molar-refractivity contribution in [3.63, 3.8) is 0 Å². The number of hydrogen-bond acceptors (Lipinski definition) is 11. The molecule has 2 saturated heterocycles. The molecule has 2 aliphatic rings. The maximum absolute atomic E-state index is 9.94. The maximum Gasteiger partial charge on any atom is 0.187 e. The highest BCUT2D eigenvalue weighted by atomic mass is 16.7. The van der Waals surface area contributed by atoms with Crippen molar-refractivity contribution in [1.82, 2.24) is 0 Å². The summed E-state index contributed by atoms with van der Waals surface area (Å²) in [6, 6.07) is 0. The van der Waals surface area contributed by atoms with Gasteiger partial charge in [0.2, 0.25) is 0 Å². The summed E-state index contributed by atoms with van der Waals surface area (Å²) in [6.45, 7) is -1.35. The number of rotatable bonds is 4. The minimum atomic E-state index is -1.74. The zero-order valence-corrected chi connectivity index (χ0v) is 12.0. The minimum absolute atomic E-state index is 0.667. The Balaban J connectivity index is 2.11. The third-order valence-corrected chi connectivity index (χ3v) is 3.98. The smallest absolute Gasteiger partial charge is 0.187 e. The first-order chi connectivity index (χ1) is 10.8. The number of aliphatic hydroxyl groups excluding tert-OH is 8. The molecule has 0 aromatic carbocycles. The molecule has 0 saturated carbocycles.